The molecule has 0 radical (unpaired) electrons. The number of para-hydroxylation sites is 1. The molecule has 1 amide bonds. The van der Waals surface area contributed by atoms with E-state index in [0.29, 0.717) is 28.4 Å². The molecule has 2 aromatic heterocycles. The van der Waals surface area contributed by atoms with Gasteiger partial charge in [0.05, 0.1) is 16.6 Å². The summed E-state index contributed by atoms with van der Waals surface area (Å²) in [5.41, 5.74) is 3.38. The molecule has 38 heavy (non-hydrogen) atoms. The minimum Gasteiger partial charge on any atom is -0.321 e. The summed E-state index contributed by atoms with van der Waals surface area (Å²) in [6.07, 6.45) is 2.23. The van der Waals surface area contributed by atoms with Gasteiger partial charge in [-0.15, -0.1) is 0 Å². The number of nitrogens with one attached hydrogen (secondary N) is 3. The first kappa shape index (κ1) is 25.4. The summed E-state index contributed by atoms with van der Waals surface area (Å²) >= 11 is 0. The van der Waals surface area contributed by atoms with E-state index in [2.05, 4.69) is 20.8 Å². The minimum atomic E-state index is -0.240. The summed E-state index contributed by atoms with van der Waals surface area (Å²) in [5.74, 6) is 0.311. The molecule has 1 saturated heterocycles. The van der Waals surface area contributed by atoms with Crippen molar-refractivity contribution in [3.8, 4) is 11.3 Å². The smallest absolute Gasteiger partial charge is 0.276 e. The number of amides is 1. The van der Waals surface area contributed by atoms with Crippen molar-refractivity contribution in [1.82, 2.24) is 25.3 Å². The van der Waals surface area contributed by atoms with Crippen LogP contribution in [0.4, 0.5) is 5.69 Å². The molecule has 0 unspecified atom stereocenters. The predicted molar refractivity (Wildman–Crippen MR) is 152 cm³/mol. The van der Waals surface area contributed by atoms with Crippen LogP contribution in [0, 0.1) is 5.92 Å². The zero-order valence-corrected chi connectivity index (χ0v) is 21.7. The second-order valence-electron chi connectivity index (χ2n) is 9.22. The molecule has 0 atom stereocenters. The number of aromatic amines is 1. The minimum absolute atomic E-state index is 0.218. The van der Waals surface area contributed by atoms with Gasteiger partial charge in [-0.1, -0.05) is 62.4 Å². The van der Waals surface area contributed by atoms with Crippen LogP contribution in [0.2, 0.25) is 0 Å². The summed E-state index contributed by atoms with van der Waals surface area (Å²) in [6.45, 7) is 6.86. The molecule has 0 saturated carbocycles. The van der Waals surface area contributed by atoms with Crippen molar-refractivity contribution in [2.75, 3.05) is 18.4 Å². The number of benzene rings is 3. The third-order valence-electron chi connectivity index (χ3n) is 6.88. The van der Waals surface area contributed by atoms with E-state index in [1.54, 1.807) is 6.07 Å². The van der Waals surface area contributed by atoms with Crippen molar-refractivity contribution >= 4 is 33.3 Å². The maximum Gasteiger partial charge on any atom is 0.276 e. The maximum atomic E-state index is 13.3. The van der Waals surface area contributed by atoms with Crippen LogP contribution in [0.25, 0.3) is 32.9 Å². The number of carbonyl (C=O) groups excluding carboxylic acids is 1. The number of hydrogen-bond acceptors (Lipinski definition) is 5. The molecule has 1 fully saturated rings. The molecule has 8 nitrogen and oxygen atoms in total. The molecule has 0 aliphatic carbocycles. The third kappa shape index (κ3) is 5.08. The predicted octanol–water partition coefficient (Wildman–Crippen LogP) is 5.22. The van der Waals surface area contributed by atoms with Gasteiger partial charge in [-0.05, 0) is 56.1 Å². The fraction of sp³-hybridized carbons (Fsp3) is 0.267. The number of piperidine rings is 1. The normalized spacial score (nSPS) is 13.7. The van der Waals surface area contributed by atoms with Gasteiger partial charge in [-0.3, -0.25) is 14.3 Å². The molecule has 0 spiro atoms. The summed E-state index contributed by atoms with van der Waals surface area (Å²) in [7, 11) is 0. The number of anilines is 1. The molecule has 6 rings (SSSR count). The third-order valence-corrected chi connectivity index (χ3v) is 6.88. The number of hydrogen-bond donors (Lipinski definition) is 3. The Morgan fingerprint density at radius 1 is 0.921 bits per heavy atom. The largest absolute Gasteiger partial charge is 0.321 e. The Labute approximate surface area is 221 Å². The van der Waals surface area contributed by atoms with Gasteiger partial charge in [0.15, 0.2) is 5.69 Å². The molecule has 0 bridgehead atoms. The number of nitrogens with zero attached hydrogens (tertiary/aromatic N) is 3. The molecule has 1 aliphatic rings. The molecule has 3 heterocycles. The van der Waals surface area contributed by atoms with Crippen molar-refractivity contribution in [2.45, 2.75) is 33.2 Å². The molecule has 3 N–H and O–H groups in total. The van der Waals surface area contributed by atoms with Crippen LogP contribution in [0.15, 0.2) is 77.6 Å². The van der Waals surface area contributed by atoms with Gasteiger partial charge in [0, 0.05) is 28.6 Å². The first-order chi connectivity index (χ1) is 18.7. The highest BCUT2D eigenvalue weighted by Crippen LogP contribution is 2.26. The van der Waals surface area contributed by atoms with Crippen LogP contribution < -0.4 is 16.2 Å². The number of rotatable bonds is 5. The van der Waals surface area contributed by atoms with Gasteiger partial charge in [-0.2, -0.15) is 10.2 Å². The lowest BCUT2D eigenvalue weighted by Gasteiger charge is -2.22. The van der Waals surface area contributed by atoms with Gasteiger partial charge in [0.2, 0.25) is 0 Å². The van der Waals surface area contributed by atoms with Crippen molar-refractivity contribution < 1.29 is 4.79 Å². The highest BCUT2D eigenvalue weighted by atomic mass is 16.2. The van der Waals surface area contributed by atoms with E-state index in [9.17, 15) is 9.59 Å². The van der Waals surface area contributed by atoms with Crippen LogP contribution in [0.5, 0.6) is 0 Å². The monoisotopic (exact) mass is 508 g/mol. The molecule has 8 heteroatoms. The Balaban J connectivity index is 0.00000144. The van der Waals surface area contributed by atoms with Gasteiger partial charge < -0.3 is 10.6 Å². The fourth-order valence-corrected chi connectivity index (χ4v) is 4.98. The summed E-state index contributed by atoms with van der Waals surface area (Å²) < 4.78 is 1.98. The zero-order valence-electron chi connectivity index (χ0n) is 21.7. The van der Waals surface area contributed by atoms with E-state index < -0.39 is 0 Å². The number of aromatic nitrogens is 4. The summed E-state index contributed by atoms with van der Waals surface area (Å²) in [6, 6.07) is 22.7. The second kappa shape index (κ2) is 11.4. The summed E-state index contributed by atoms with van der Waals surface area (Å²) in [5, 5.41) is 20.2. The van der Waals surface area contributed by atoms with E-state index in [-0.39, 0.29) is 11.5 Å². The number of carbonyl (C=O) groups is 1. The van der Waals surface area contributed by atoms with E-state index in [1.807, 2.05) is 85.3 Å². The van der Waals surface area contributed by atoms with E-state index in [4.69, 9.17) is 5.10 Å². The van der Waals surface area contributed by atoms with E-state index >= 15 is 0 Å². The van der Waals surface area contributed by atoms with Crippen molar-refractivity contribution in [3.63, 3.8) is 0 Å². The van der Waals surface area contributed by atoms with Gasteiger partial charge in [-0.25, -0.2) is 5.10 Å². The van der Waals surface area contributed by atoms with Gasteiger partial charge in [0.1, 0.15) is 0 Å². The average Bonchev–Trinajstić information content (AvgIpc) is 3.34. The highest BCUT2D eigenvalue weighted by molar-refractivity contribution is 6.11. The lowest BCUT2D eigenvalue weighted by molar-refractivity contribution is 0.102. The first-order valence-corrected chi connectivity index (χ1v) is 13.2. The maximum absolute atomic E-state index is 13.3. The van der Waals surface area contributed by atoms with E-state index in [0.717, 1.165) is 54.3 Å². The number of fused-ring (bicyclic) bond motifs is 2. The van der Waals surface area contributed by atoms with Crippen LogP contribution in [0.3, 0.4) is 0 Å². The first-order valence-electron chi connectivity index (χ1n) is 13.2. The Morgan fingerprint density at radius 3 is 2.32 bits per heavy atom. The zero-order chi connectivity index (χ0) is 26.5. The van der Waals surface area contributed by atoms with Crippen LogP contribution in [-0.4, -0.2) is 39.0 Å². The Kier molecular flexibility index (Phi) is 7.60. The lowest BCUT2D eigenvalue weighted by Crippen LogP contribution is -2.30. The van der Waals surface area contributed by atoms with Crippen molar-refractivity contribution in [2.24, 2.45) is 5.92 Å². The van der Waals surface area contributed by atoms with Crippen LogP contribution in [-0.2, 0) is 6.54 Å². The molecule has 3 aromatic carbocycles. The van der Waals surface area contributed by atoms with Crippen molar-refractivity contribution in [1.29, 1.82) is 0 Å². The Hall–Kier alpha value is -4.30. The Morgan fingerprint density at radius 2 is 1.58 bits per heavy atom. The lowest BCUT2D eigenvalue weighted by atomic mass is 9.98. The van der Waals surface area contributed by atoms with Gasteiger partial charge >= 0.3 is 0 Å². The topological polar surface area (TPSA) is 105 Å². The van der Waals surface area contributed by atoms with Gasteiger partial charge in [0.25, 0.3) is 11.5 Å². The Bertz CT molecular complexity index is 1610. The molecule has 1 aliphatic heterocycles. The highest BCUT2D eigenvalue weighted by Gasteiger charge is 2.20. The van der Waals surface area contributed by atoms with E-state index in [1.165, 1.54) is 0 Å². The second-order valence-corrected chi connectivity index (χ2v) is 9.22. The standard InChI is InChI=1S/C28H26N6O2.C2H6/c35-27-22-6-2-1-5-21(22)25(31-32-27)19-9-11-20(12-10-19)30-28(36)26-23-7-3-4-8-24(23)34(33-26)17-18-13-15-29-16-14-18;1-2/h1-12,18,29H,13-17H2,(H,30,36)(H,32,35);1-2H3. The molecular formula is C30H32N6O2. The van der Waals surface area contributed by atoms with Crippen LogP contribution >= 0.6 is 0 Å². The van der Waals surface area contributed by atoms with Crippen molar-refractivity contribution in [3.05, 3.63) is 88.8 Å². The molecule has 194 valence electrons. The SMILES string of the molecule is CC.O=C(Nc1ccc(-c2n[nH]c(=O)c3ccccc23)cc1)c1nn(CC2CCNCC2)c2ccccc12. The number of H-pyrrole nitrogens is 1. The van der Waals surface area contributed by atoms with Crippen LogP contribution in [0.1, 0.15) is 37.2 Å². The quantitative estimate of drug-likeness (QED) is 0.302. The molecule has 5 aromatic rings. The average molecular weight is 509 g/mol. The molecular weight excluding hydrogens is 476 g/mol. The summed E-state index contributed by atoms with van der Waals surface area (Å²) in [4.78, 5) is 25.4. The fourth-order valence-electron chi connectivity index (χ4n) is 4.98.